The fourth-order valence-electron chi connectivity index (χ4n) is 1.71. The van der Waals surface area contributed by atoms with Crippen LogP contribution in [0.15, 0.2) is 24.3 Å². The van der Waals surface area contributed by atoms with Gasteiger partial charge in [0, 0.05) is 13.7 Å². The molecule has 0 bridgehead atoms. The van der Waals surface area contributed by atoms with E-state index in [1.807, 2.05) is 24.3 Å². The van der Waals surface area contributed by atoms with Crippen LogP contribution >= 0.6 is 0 Å². The van der Waals surface area contributed by atoms with E-state index >= 15 is 0 Å². The first-order valence-electron chi connectivity index (χ1n) is 5.12. The first-order chi connectivity index (χ1) is 7.22. The molecule has 0 fully saturated rings. The van der Waals surface area contributed by atoms with Gasteiger partial charge in [0.05, 0.1) is 7.11 Å². The van der Waals surface area contributed by atoms with Crippen LogP contribution in [0.4, 0.5) is 0 Å². The molecular formula is C12H19NO2. The van der Waals surface area contributed by atoms with E-state index in [1.54, 1.807) is 14.2 Å². The van der Waals surface area contributed by atoms with E-state index in [9.17, 15) is 0 Å². The molecule has 1 atom stereocenters. The molecule has 0 amide bonds. The molecule has 2 N–H and O–H groups in total. The molecule has 0 aliphatic carbocycles. The average Bonchev–Trinajstić information content (AvgIpc) is 2.33. The van der Waals surface area contributed by atoms with E-state index in [0.717, 1.165) is 17.7 Å². The van der Waals surface area contributed by atoms with Crippen LogP contribution in [0, 0.1) is 0 Å². The number of ether oxygens (including phenoxy) is 2. The summed E-state index contributed by atoms with van der Waals surface area (Å²) in [6.45, 7) is 2.55. The standard InChI is InChI=1S/C12H19NO2/c1-4-12(9-13,15-3)10-5-7-11(14-2)8-6-10/h5-8H,4,9,13H2,1-3H3. The summed E-state index contributed by atoms with van der Waals surface area (Å²) < 4.78 is 10.6. The molecule has 0 aliphatic rings. The van der Waals surface area contributed by atoms with Gasteiger partial charge in [0.15, 0.2) is 0 Å². The van der Waals surface area contributed by atoms with Crippen molar-refractivity contribution in [3.05, 3.63) is 29.8 Å². The molecule has 0 aromatic heterocycles. The molecule has 0 heterocycles. The van der Waals surface area contributed by atoms with Crippen molar-refractivity contribution in [3.8, 4) is 5.75 Å². The Bertz CT molecular complexity index is 283. The van der Waals surface area contributed by atoms with Crippen molar-refractivity contribution in [3.63, 3.8) is 0 Å². The van der Waals surface area contributed by atoms with Crippen LogP contribution < -0.4 is 10.5 Å². The summed E-state index contributed by atoms with van der Waals surface area (Å²) in [5.74, 6) is 0.844. The first kappa shape index (κ1) is 12.0. The van der Waals surface area contributed by atoms with Gasteiger partial charge in [-0.25, -0.2) is 0 Å². The predicted octanol–water partition coefficient (Wildman–Crippen LogP) is 1.91. The normalized spacial score (nSPS) is 14.7. The summed E-state index contributed by atoms with van der Waals surface area (Å²) in [5, 5.41) is 0. The zero-order valence-corrected chi connectivity index (χ0v) is 9.62. The molecule has 0 radical (unpaired) electrons. The highest BCUT2D eigenvalue weighted by Gasteiger charge is 2.28. The lowest BCUT2D eigenvalue weighted by atomic mass is 9.91. The summed E-state index contributed by atoms with van der Waals surface area (Å²) in [5.41, 5.74) is 6.50. The summed E-state index contributed by atoms with van der Waals surface area (Å²) in [6.07, 6.45) is 0.854. The van der Waals surface area contributed by atoms with Gasteiger partial charge < -0.3 is 15.2 Å². The van der Waals surface area contributed by atoms with Crippen molar-refractivity contribution >= 4 is 0 Å². The van der Waals surface area contributed by atoms with Gasteiger partial charge >= 0.3 is 0 Å². The second kappa shape index (κ2) is 5.14. The highest BCUT2D eigenvalue weighted by Crippen LogP contribution is 2.28. The smallest absolute Gasteiger partial charge is 0.118 e. The number of benzene rings is 1. The van der Waals surface area contributed by atoms with Crippen LogP contribution in [0.5, 0.6) is 5.75 Å². The second-order valence-electron chi connectivity index (χ2n) is 3.48. The fourth-order valence-corrected chi connectivity index (χ4v) is 1.71. The quantitative estimate of drug-likeness (QED) is 0.805. The largest absolute Gasteiger partial charge is 0.497 e. The number of nitrogens with two attached hydrogens (primary N) is 1. The van der Waals surface area contributed by atoms with E-state index in [1.165, 1.54) is 0 Å². The Kier molecular flexibility index (Phi) is 4.12. The predicted molar refractivity (Wildman–Crippen MR) is 61.0 cm³/mol. The maximum atomic E-state index is 5.78. The summed E-state index contributed by atoms with van der Waals surface area (Å²) in [7, 11) is 3.35. The van der Waals surface area contributed by atoms with E-state index in [2.05, 4.69) is 6.92 Å². The monoisotopic (exact) mass is 209 g/mol. The minimum Gasteiger partial charge on any atom is -0.497 e. The molecule has 0 aliphatic heterocycles. The third-order valence-corrected chi connectivity index (χ3v) is 2.91. The van der Waals surface area contributed by atoms with Gasteiger partial charge in [0.2, 0.25) is 0 Å². The molecule has 1 unspecified atom stereocenters. The third-order valence-electron chi connectivity index (χ3n) is 2.91. The molecule has 3 nitrogen and oxygen atoms in total. The van der Waals surface area contributed by atoms with Gasteiger partial charge in [-0.3, -0.25) is 0 Å². The van der Waals surface area contributed by atoms with Crippen LogP contribution in [-0.4, -0.2) is 20.8 Å². The molecule has 0 saturated carbocycles. The number of hydrogen-bond donors (Lipinski definition) is 1. The van der Waals surface area contributed by atoms with Gasteiger partial charge in [0.1, 0.15) is 11.4 Å². The molecular weight excluding hydrogens is 190 g/mol. The van der Waals surface area contributed by atoms with Gasteiger partial charge in [-0.05, 0) is 24.1 Å². The Balaban J connectivity index is 3.01. The Morgan fingerprint density at radius 1 is 1.20 bits per heavy atom. The van der Waals surface area contributed by atoms with E-state index in [0.29, 0.717) is 6.54 Å². The highest BCUT2D eigenvalue weighted by molar-refractivity contribution is 5.31. The molecule has 0 spiro atoms. The lowest BCUT2D eigenvalue weighted by molar-refractivity contribution is -0.0103. The lowest BCUT2D eigenvalue weighted by Gasteiger charge is -2.30. The van der Waals surface area contributed by atoms with E-state index < -0.39 is 0 Å². The second-order valence-corrected chi connectivity index (χ2v) is 3.48. The maximum Gasteiger partial charge on any atom is 0.118 e. The highest BCUT2D eigenvalue weighted by atomic mass is 16.5. The van der Waals surface area contributed by atoms with Crippen molar-refractivity contribution in [2.24, 2.45) is 5.73 Å². The summed E-state index contributed by atoms with van der Waals surface area (Å²) >= 11 is 0. The Hall–Kier alpha value is -1.06. The van der Waals surface area contributed by atoms with Crippen LogP contribution in [0.3, 0.4) is 0 Å². The van der Waals surface area contributed by atoms with Crippen molar-refractivity contribution in [1.29, 1.82) is 0 Å². The van der Waals surface area contributed by atoms with Crippen LogP contribution in [0.25, 0.3) is 0 Å². The van der Waals surface area contributed by atoms with Crippen LogP contribution in [0.2, 0.25) is 0 Å². The lowest BCUT2D eigenvalue weighted by Crippen LogP contribution is -2.36. The third kappa shape index (κ3) is 2.30. The number of rotatable bonds is 5. The zero-order chi connectivity index (χ0) is 11.3. The van der Waals surface area contributed by atoms with Crippen LogP contribution in [-0.2, 0) is 10.3 Å². The van der Waals surface area contributed by atoms with Gasteiger partial charge in [-0.15, -0.1) is 0 Å². The van der Waals surface area contributed by atoms with Crippen LogP contribution in [0.1, 0.15) is 18.9 Å². The maximum absolute atomic E-state index is 5.78. The summed E-state index contributed by atoms with van der Waals surface area (Å²) in [4.78, 5) is 0. The van der Waals surface area contributed by atoms with Crippen molar-refractivity contribution in [2.45, 2.75) is 18.9 Å². The SMILES string of the molecule is CCC(CN)(OC)c1ccc(OC)cc1. The minimum atomic E-state index is -0.369. The van der Waals surface area contributed by atoms with E-state index in [-0.39, 0.29) is 5.60 Å². The molecule has 1 rings (SSSR count). The number of hydrogen-bond acceptors (Lipinski definition) is 3. The molecule has 15 heavy (non-hydrogen) atoms. The Morgan fingerprint density at radius 2 is 1.80 bits per heavy atom. The van der Waals surface area contributed by atoms with E-state index in [4.69, 9.17) is 15.2 Å². The van der Waals surface area contributed by atoms with Crippen molar-refractivity contribution < 1.29 is 9.47 Å². The van der Waals surface area contributed by atoms with Crippen molar-refractivity contribution in [1.82, 2.24) is 0 Å². The van der Waals surface area contributed by atoms with Gasteiger partial charge in [-0.1, -0.05) is 19.1 Å². The number of methoxy groups -OCH3 is 2. The minimum absolute atomic E-state index is 0.369. The Labute approximate surface area is 91.2 Å². The fraction of sp³-hybridized carbons (Fsp3) is 0.500. The topological polar surface area (TPSA) is 44.5 Å². The average molecular weight is 209 g/mol. The zero-order valence-electron chi connectivity index (χ0n) is 9.62. The Morgan fingerprint density at radius 3 is 2.13 bits per heavy atom. The van der Waals surface area contributed by atoms with Gasteiger partial charge in [-0.2, -0.15) is 0 Å². The molecule has 3 heteroatoms. The van der Waals surface area contributed by atoms with Crippen molar-refractivity contribution in [2.75, 3.05) is 20.8 Å². The van der Waals surface area contributed by atoms with Gasteiger partial charge in [0.25, 0.3) is 0 Å². The molecule has 1 aromatic rings. The molecule has 1 aromatic carbocycles. The molecule has 84 valence electrons. The first-order valence-corrected chi connectivity index (χ1v) is 5.12. The molecule has 0 saturated heterocycles. The summed E-state index contributed by atoms with van der Waals surface area (Å²) in [6, 6.07) is 7.85.